The van der Waals surface area contributed by atoms with E-state index >= 15 is 0 Å². The zero-order valence-electron chi connectivity index (χ0n) is 28.6. The highest BCUT2D eigenvalue weighted by molar-refractivity contribution is 6.32. The number of rotatable bonds is 6. The first-order valence-electron chi connectivity index (χ1n) is 18.1. The zero-order valence-corrected chi connectivity index (χ0v) is 28.6. The van der Waals surface area contributed by atoms with Gasteiger partial charge in [-0.25, -0.2) is 4.99 Å². The van der Waals surface area contributed by atoms with Gasteiger partial charge in [-0.05, 0) is 142 Å². The molecule has 9 rings (SSSR count). The summed E-state index contributed by atoms with van der Waals surface area (Å²) in [5, 5.41) is 7.70. The largest absolute Gasteiger partial charge is 0.299 e. The molecule has 0 N–H and O–H groups in total. The summed E-state index contributed by atoms with van der Waals surface area (Å²) in [6.07, 6.45) is 22.2. The van der Waals surface area contributed by atoms with Crippen LogP contribution in [0.3, 0.4) is 0 Å². The van der Waals surface area contributed by atoms with E-state index in [-0.39, 0.29) is 0 Å². The Morgan fingerprint density at radius 1 is 0.580 bits per heavy atom. The summed E-state index contributed by atoms with van der Waals surface area (Å²) >= 11 is 0. The molecule has 3 aliphatic rings. The second-order valence-corrected chi connectivity index (χ2v) is 13.7. The fraction of sp³-hybridized carbons (Fsp3) is 0.146. The van der Waals surface area contributed by atoms with Gasteiger partial charge in [-0.15, -0.1) is 0 Å². The van der Waals surface area contributed by atoms with E-state index in [4.69, 9.17) is 4.99 Å². The van der Waals surface area contributed by atoms with Crippen molar-refractivity contribution in [3.63, 3.8) is 0 Å². The maximum atomic E-state index is 4.94. The summed E-state index contributed by atoms with van der Waals surface area (Å²) in [5.41, 5.74) is 11.5. The first-order chi connectivity index (χ1) is 24.7. The minimum atomic E-state index is 0.990. The van der Waals surface area contributed by atoms with Crippen molar-refractivity contribution in [2.24, 2.45) is 4.99 Å². The molecule has 50 heavy (non-hydrogen) atoms. The zero-order chi connectivity index (χ0) is 33.4. The van der Waals surface area contributed by atoms with Gasteiger partial charge < -0.3 is 0 Å². The lowest BCUT2D eigenvalue weighted by molar-refractivity contribution is 0.844. The van der Waals surface area contributed by atoms with Crippen LogP contribution in [0.15, 0.2) is 168 Å². The van der Waals surface area contributed by atoms with Gasteiger partial charge >= 0.3 is 0 Å². The molecular formula is C48H40N2. The highest BCUT2D eigenvalue weighted by Crippen LogP contribution is 2.49. The number of allylic oxidation sites excluding steroid dienone is 9. The molecule has 242 valence electrons. The standard InChI is InChI=1S/C48H40N2/c1-33-24-26-37(27-25-33)50(45-23-13-14-30-49-45)38-28-29-41-44(31-38)39-21-11-12-22-40(39)47-43(35-17-7-3-8-18-35)32-42(34-15-5-2-6-16-34)46(48(41)47)36-19-9-4-10-20-36/h3-5,7-12,15-24,26,28-32H,2,6,13-14,25,27H2,1H3. The summed E-state index contributed by atoms with van der Waals surface area (Å²) in [5.74, 6) is 1.02. The molecule has 6 aromatic carbocycles. The van der Waals surface area contributed by atoms with Gasteiger partial charge in [-0.3, -0.25) is 4.90 Å². The molecule has 6 aromatic rings. The Labute approximate surface area is 294 Å². The predicted octanol–water partition coefficient (Wildman–Crippen LogP) is 13.3. The lowest BCUT2D eigenvalue weighted by Gasteiger charge is -2.31. The van der Waals surface area contributed by atoms with Crippen molar-refractivity contribution in [1.82, 2.24) is 0 Å². The molecule has 0 bridgehead atoms. The molecule has 0 spiro atoms. The molecule has 1 aliphatic heterocycles. The molecule has 0 saturated heterocycles. The van der Waals surface area contributed by atoms with Crippen LogP contribution in [-0.4, -0.2) is 6.21 Å². The second-order valence-electron chi connectivity index (χ2n) is 13.7. The number of fused-ring (bicyclic) bond motifs is 6. The fourth-order valence-electron chi connectivity index (χ4n) is 8.08. The Morgan fingerprint density at radius 2 is 1.32 bits per heavy atom. The van der Waals surface area contributed by atoms with Crippen LogP contribution in [0.4, 0.5) is 5.69 Å². The third-order valence-corrected chi connectivity index (χ3v) is 10.5. The molecule has 1 heterocycles. The van der Waals surface area contributed by atoms with Crippen molar-refractivity contribution in [1.29, 1.82) is 0 Å². The van der Waals surface area contributed by atoms with Crippen molar-refractivity contribution in [3.05, 3.63) is 168 Å². The summed E-state index contributed by atoms with van der Waals surface area (Å²) < 4.78 is 0. The number of aliphatic imine (C=N–C) groups is 1. The van der Waals surface area contributed by atoms with Crippen LogP contribution in [0, 0.1) is 0 Å². The van der Waals surface area contributed by atoms with E-state index in [2.05, 4.69) is 164 Å². The van der Waals surface area contributed by atoms with Crippen LogP contribution >= 0.6 is 0 Å². The van der Waals surface area contributed by atoms with Crippen molar-refractivity contribution in [2.75, 3.05) is 4.90 Å². The maximum Gasteiger partial charge on any atom is 0.132 e. The van der Waals surface area contributed by atoms with Crippen molar-refractivity contribution < 1.29 is 0 Å². The van der Waals surface area contributed by atoms with Crippen molar-refractivity contribution in [2.45, 2.75) is 45.4 Å². The monoisotopic (exact) mass is 644 g/mol. The number of anilines is 1. The molecule has 0 amide bonds. The molecule has 2 aliphatic carbocycles. The summed E-state index contributed by atoms with van der Waals surface area (Å²) in [6.45, 7) is 2.23. The quantitative estimate of drug-likeness (QED) is 0.165. The van der Waals surface area contributed by atoms with E-state index in [9.17, 15) is 0 Å². The first-order valence-corrected chi connectivity index (χ1v) is 18.1. The number of hydrogen-bond donors (Lipinski definition) is 0. The van der Waals surface area contributed by atoms with Crippen LogP contribution < -0.4 is 4.90 Å². The summed E-state index contributed by atoms with van der Waals surface area (Å²) in [4.78, 5) is 7.34. The Balaban J connectivity index is 1.43. The normalized spacial score (nSPS) is 15.9. The Morgan fingerprint density at radius 3 is 2.04 bits per heavy atom. The first kappa shape index (κ1) is 30.3. The highest BCUT2D eigenvalue weighted by atomic mass is 15.2. The van der Waals surface area contributed by atoms with Crippen LogP contribution in [0.25, 0.3) is 60.1 Å². The average molecular weight is 645 g/mol. The minimum absolute atomic E-state index is 0.990. The highest BCUT2D eigenvalue weighted by Gasteiger charge is 2.24. The second kappa shape index (κ2) is 12.9. The van der Waals surface area contributed by atoms with E-state index in [0.717, 1.165) is 50.0 Å². The third kappa shape index (κ3) is 5.33. The van der Waals surface area contributed by atoms with Gasteiger partial charge in [0.25, 0.3) is 0 Å². The van der Waals surface area contributed by atoms with Crippen molar-refractivity contribution in [3.8, 4) is 22.3 Å². The van der Waals surface area contributed by atoms with Gasteiger partial charge in [0.05, 0.1) is 0 Å². The molecule has 0 aromatic heterocycles. The summed E-state index contributed by atoms with van der Waals surface area (Å²) in [7, 11) is 0. The predicted molar refractivity (Wildman–Crippen MR) is 216 cm³/mol. The average Bonchev–Trinajstić information content (AvgIpc) is 3.19. The van der Waals surface area contributed by atoms with E-state index in [1.807, 2.05) is 0 Å². The molecule has 0 atom stereocenters. The molecule has 0 unspecified atom stereocenters. The van der Waals surface area contributed by atoms with Gasteiger partial charge in [-0.2, -0.15) is 0 Å². The van der Waals surface area contributed by atoms with E-state index in [1.54, 1.807) is 0 Å². The maximum absolute atomic E-state index is 4.94. The number of hydrogen-bond acceptors (Lipinski definition) is 2. The smallest absolute Gasteiger partial charge is 0.132 e. The topological polar surface area (TPSA) is 15.6 Å². The minimum Gasteiger partial charge on any atom is -0.299 e. The van der Waals surface area contributed by atoms with Crippen molar-refractivity contribution >= 4 is 49.8 Å². The Kier molecular flexibility index (Phi) is 7.86. The molecule has 0 saturated carbocycles. The van der Waals surface area contributed by atoms with Crippen LogP contribution in [0.5, 0.6) is 0 Å². The SMILES string of the molecule is CC1=CC=C(N(C2=CCCC=N2)c2ccc3c(c2)c2ccccc2c2c(-c4ccccc4)cc(C4=CCCC=C4)c(-c4ccccc4)c32)CC1. The van der Waals surface area contributed by atoms with E-state index < -0.39 is 0 Å². The summed E-state index contributed by atoms with van der Waals surface area (Å²) in [6, 6.07) is 40.6. The lowest BCUT2D eigenvalue weighted by atomic mass is 9.80. The van der Waals surface area contributed by atoms with E-state index in [0.29, 0.717) is 0 Å². The van der Waals surface area contributed by atoms with Crippen LogP contribution in [0.1, 0.15) is 51.0 Å². The van der Waals surface area contributed by atoms with E-state index in [1.165, 1.54) is 77.0 Å². The number of nitrogens with zero attached hydrogens (tertiary/aromatic N) is 2. The molecule has 2 nitrogen and oxygen atoms in total. The molecule has 2 heteroatoms. The van der Waals surface area contributed by atoms with Gasteiger partial charge in [0.2, 0.25) is 0 Å². The molecule has 0 fully saturated rings. The van der Waals surface area contributed by atoms with Crippen LogP contribution in [-0.2, 0) is 0 Å². The Bertz CT molecular complexity index is 2470. The Hall–Kier alpha value is -5.73. The third-order valence-electron chi connectivity index (χ3n) is 10.5. The fourth-order valence-corrected chi connectivity index (χ4v) is 8.08. The van der Waals surface area contributed by atoms with Gasteiger partial charge in [0, 0.05) is 17.6 Å². The van der Waals surface area contributed by atoms with Gasteiger partial charge in [-0.1, -0.05) is 121 Å². The molecule has 0 radical (unpaired) electrons. The number of benzene rings is 6. The van der Waals surface area contributed by atoms with Crippen LogP contribution in [0.2, 0.25) is 0 Å². The van der Waals surface area contributed by atoms with Gasteiger partial charge in [0.15, 0.2) is 0 Å². The lowest BCUT2D eigenvalue weighted by Crippen LogP contribution is -2.23. The molecular weight excluding hydrogens is 605 g/mol. The van der Waals surface area contributed by atoms with Gasteiger partial charge in [0.1, 0.15) is 5.82 Å².